The van der Waals surface area contributed by atoms with E-state index in [1.54, 1.807) is 0 Å². The van der Waals surface area contributed by atoms with Crippen molar-refractivity contribution < 1.29 is 0 Å². The van der Waals surface area contributed by atoms with Gasteiger partial charge in [0.15, 0.2) is 0 Å². The third kappa shape index (κ3) is 5.64. The van der Waals surface area contributed by atoms with Crippen molar-refractivity contribution >= 4 is 34.1 Å². The molecule has 0 aliphatic heterocycles. The molecule has 0 saturated carbocycles. The van der Waals surface area contributed by atoms with Gasteiger partial charge in [-0.2, -0.15) is 0 Å². The second-order valence-corrected chi connectivity index (χ2v) is 10.6. The van der Waals surface area contributed by atoms with Crippen LogP contribution in [0.2, 0.25) is 0 Å². The summed E-state index contributed by atoms with van der Waals surface area (Å²) in [6.45, 7) is 6.40. The van der Waals surface area contributed by atoms with Gasteiger partial charge in [-0.1, -0.05) is 102 Å². The average molecular weight is 531 g/mol. The molecule has 0 saturated heterocycles. The normalized spacial score (nSPS) is 10.8. The molecule has 6 aromatic carbocycles. The highest BCUT2D eigenvalue weighted by molar-refractivity contribution is 5.91. The fraction of sp³-hybridized carbons (Fsp3) is 0.0769. The Labute approximate surface area is 243 Å². The first-order valence-corrected chi connectivity index (χ1v) is 14.1. The van der Waals surface area contributed by atoms with Crippen molar-refractivity contribution in [2.45, 2.75) is 20.8 Å². The molecule has 0 spiro atoms. The van der Waals surface area contributed by atoms with Crippen LogP contribution in [-0.4, -0.2) is 0 Å². The van der Waals surface area contributed by atoms with E-state index in [0.29, 0.717) is 0 Å². The maximum atomic E-state index is 2.35. The zero-order valence-corrected chi connectivity index (χ0v) is 23.8. The molecule has 41 heavy (non-hydrogen) atoms. The van der Waals surface area contributed by atoms with Crippen LogP contribution in [0, 0.1) is 20.8 Å². The number of hydrogen-bond donors (Lipinski definition) is 0. The monoisotopic (exact) mass is 530 g/mol. The van der Waals surface area contributed by atoms with Gasteiger partial charge in [0, 0.05) is 34.0 Å². The van der Waals surface area contributed by atoms with Crippen LogP contribution in [0.15, 0.2) is 152 Å². The Bertz CT molecular complexity index is 1640. The number of benzene rings is 6. The molecule has 0 atom stereocenters. The van der Waals surface area contributed by atoms with Crippen molar-refractivity contribution in [3.05, 3.63) is 168 Å². The lowest BCUT2D eigenvalue weighted by molar-refractivity contribution is 1.25. The van der Waals surface area contributed by atoms with Crippen LogP contribution in [0.25, 0.3) is 11.1 Å². The lowest BCUT2D eigenvalue weighted by Crippen LogP contribution is -2.13. The Morgan fingerprint density at radius 1 is 0.341 bits per heavy atom. The maximum Gasteiger partial charge on any atom is 0.0541 e. The predicted molar refractivity (Wildman–Crippen MR) is 175 cm³/mol. The Kier molecular flexibility index (Phi) is 7.38. The summed E-state index contributed by atoms with van der Waals surface area (Å²) >= 11 is 0. The summed E-state index contributed by atoms with van der Waals surface area (Å²) in [5, 5.41) is 0. The molecule has 0 aliphatic carbocycles. The van der Waals surface area contributed by atoms with Crippen LogP contribution in [0.4, 0.5) is 34.1 Å². The molecule has 0 N–H and O–H groups in total. The van der Waals surface area contributed by atoms with Gasteiger partial charge in [-0.15, -0.1) is 0 Å². The van der Waals surface area contributed by atoms with Crippen LogP contribution in [0.3, 0.4) is 0 Å². The van der Waals surface area contributed by atoms with E-state index in [4.69, 9.17) is 0 Å². The van der Waals surface area contributed by atoms with E-state index in [2.05, 4.69) is 182 Å². The third-order valence-electron chi connectivity index (χ3n) is 7.45. The van der Waals surface area contributed by atoms with Gasteiger partial charge in [-0.05, 0) is 93.1 Å². The van der Waals surface area contributed by atoms with Gasteiger partial charge < -0.3 is 9.80 Å². The second-order valence-electron chi connectivity index (χ2n) is 10.6. The van der Waals surface area contributed by atoms with E-state index < -0.39 is 0 Å². The van der Waals surface area contributed by atoms with Crippen LogP contribution < -0.4 is 9.80 Å². The molecule has 0 bridgehead atoms. The Hall–Kier alpha value is -5.08. The van der Waals surface area contributed by atoms with E-state index in [9.17, 15) is 0 Å². The van der Waals surface area contributed by atoms with Crippen molar-refractivity contribution in [3.63, 3.8) is 0 Å². The predicted octanol–water partition coefficient (Wildman–Crippen LogP) is 11.2. The van der Waals surface area contributed by atoms with Crippen LogP contribution in [0.5, 0.6) is 0 Å². The molecule has 0 aliphatic rings. The number of anilines is 6. The van der Waals surface area contributed by atoms with Gasteiger partial charge in [0.1, 0.15) is 0 Å². The molecule has 6 aromatic rings. The zero-order chi connectivity index (χ0) is 28.2. The highest BCUT2D eigenvalue weighted by Crippen LogP contribution is 2.44. The number of hydrogen-bond acceptors (Lipinski definition) is 2. The number of aryl methyl sites for hydroxylation is 3. The molecular formula is C39H34N2. The number of nitrogens with zero attached hydrogens (tertiary/aromatic N) is 2. The molecule has 2 heteroatoms. The summed E-state index contributed by atoms with van der Waals surface area (Å²) in [6.07, 6.45) is 0. The molecular weight excluding hydrogens is 496 g/mol. The van der Waals surface area contributed by atoms with E-state index in [1.807, 2.05) is 0 Å². The second kappa shape index (κ2) is 11.6. The topological polar surface area (TPSA) is 6.48 Å². The fourth-order valence-corrected chi connectivity index (χ4v) is 5.24. The lowest BCUT2D eigenvalue weighted by Gasteiger charge is -2.30. The van der Waals surface area contributed by atoms with E-state index in [-0.39, 0.29) is 0 Å². The first kappa shape index (κ1) is 26.2. The molecule has 0 aromatic heterocycles. The number of rotatable bonds is 7. The van der Waals surface area contributed by atoms with E-state index >= 15 is 0 Å². The Morgan fingerprint density at radius 3 is 1.20 bits per heavy atom. The quantitative estimate of drug-likeness (QED) is 0.202. The molecule has 0 amide bonds. The standard InChI is InChI=1S/C39H34N2/c1-29-14-20-32(21-15-29)38-28-37(40(35-22-16-30(2)17-23-35)36-24-18-31(3)19-25-36)26-27-39(38)41(33-10-6-4-7-11-33)34-12-8-5-9-13-34/h4-28H,1-3H3. The summed E-state index contributed by atoms with van der Waals surface area (Å²) in [5.41, 5.74) is 12.8. The van der Waals surface area contributed by atoms with Crippen LogP contribution >= 0.6 is 0 Å². The van der Waals surface area contributed by atoms with Gasteiger partial charge in [0.2, 0.25) is 0 Å². The van der Waals surface area contributed by atoms with Crippen LogP contribution in [0.1, 0.15) is 16.7 Å². The molecule has 0 radical (unpaired) electrons. The van der Waals surface area contributed by atoms with Gasteiger partial charge >= 0.3 is 0 Å². The minimum atomic E-state index is 1.11. The summed E-state index contributed by atoms with van der Waals surface area (Å²) in [6, 6.07) is 54.4. The summed E-state index contributed by atoms with van der Waals surface area (Å²) in [4.78, 5) is 4.69. The van der Waals surface area contributed by atoms with Crippen molar-refractivity contribution in [2.24, 2.45) is 0 Å². The van der Waals surface area contributed by atoms with E-state index in [0.717, 1.165) is 34.1 Å². The Balaban J connectivity index is 1.59. The lowest BCUT2D eigenvalue weighted by atomic mass is 9.99. The largest absolute Gasteiger partial charge is 0.310 e. The molecule has 200 valence electrons. The maximum absolute atomic E-state index is 2.35. The SMILES string of the molecule is Cc1ccc(-c2cc(N(c3ccc(C)cc3)c3ccc(C)cc3)ccc2N(c2ccccc2)c2ccccc2)cc1. The first-order valence-electron chi connectivity index (χ1n) is 14.1. The minimum absolute atomic E-state index is 1.11. The van der Waals surface area contributed by atoms with Crippen molar-refractivity contribution in [1.29, 1.82) is 0 Å². The van der Waals surface area contributed by atoms with Gasteiger partial charge in [0.05, 0.1) is 5.69 Å². The van der Waals surface area contributed by atoms with Crippen molar-refractivity contribution in [1.82, 2.24) is 0 Å². The number of para-hydroxylation sites is 2. The zero-order valence-electron chi connectivity index (χ0n) is 23.8. The van der Waals surface area contributed by atoms with E-state index in [1.165, 1.54) is 27.8 Å². The Morgan fingerprint density at radius 2 is 0.732 bits per heavy atom. The first-order chi connectivity index (χ1) is 20.1. The highest BCUT2D eigenvalue weighted by Gasteiger charge is 2.20. The molecule has 0 unspecified atom stereocenters. The smallest absolute Gasteiger partial charge is 0.0541 e. The van der Waals surface area contributed by atoms with Gasteiger partial charge in [0.25, 0.3) is 0 Å². The van der Waals surface area contributed by atoms with Crippen molar-refractivity contribution in [2.75, 3.05) is 9.80 Å². The van der Waals surface area contributed by atoms with Gasteiger partial charge in [-0.3, -0.25) is 0 Å². The third-order valence-corrected chi connectivity index (χ3v) is 7.45. The fourth-order valence-electron chi connectivity index (χ4n) is 5.24. The minimum Gasteiger partial charge on any atom is -0.310 e. The molecule has 6 rings (SSSR count). The summed E-state index contributed by atoms with van der Waals surface area (Å²) < 4.78 is 0. The van der Waals surface area contributed by atoms with Gasteiger partial charge in [-0.25, -0.2) is 0 Å². The summed E-state index contributed by atoms with van der Waals surface area (Å²) in [7, 11) is 0. The van der Waals surface area contributed by atoms with Crippen molar-refractivity contribution in [3.8, 4) is 11.1 Å². The van der Waals surface area contributed by atoms with Crippen LogP contribution in [-0.2, 0) is 0 Å². The highest BCUT2D eigenvalue weighted by atomic mass is 15.2. The summed E-state index contributed by atoms with van der Waals surface area (Å²) in [5.74, 6) is 0. The molecule has 0 heterocycles. The average Bonchev–Trinajstić information content (AvgIpc) is 3.01. The molecule has 2 nitrogen and oxygen atoms in total. The molecule has 0 fully saturated rings.